The highest BCUT2D eigenvalue weighted by molar-refractivity contribution is 7.89. The van der Waals surface area contributed by atoms with Crippen molar-refractivity contribution in [2.45, 2.75) is 24.9 Å². The molecule has 0 aliphatic heterocycles. The highest BCUT2D eigenvalue weighted by Gasteiger charge is 2.34. The topological polar surface area (TPSA) is 66.5 Å². The number of benzene rings is 2. The number of nitrogens with one attached hydrogen (secondary N) is 1. The molecule has 0 aliphatic rings. The Bertz CT molecular complexity index is 978. The van der Waals surface area contributed by atoms with Gasteiger partial charge in [0.1, 0.15) is 0 Å². The summed E-state index contributed by atoms with van der Waals surface area (Å²) < 4.78 is 65.7. The summed E-state index contributed by atoms with van der Waals surface area (Å²) in [7, 11) is -4.03. The highest BCUT2D eigenvalue weighted by atomic mass is 35.5. The van der Waals surface area contributed by atoms with Crippen molar-refractivity contribution in [1.29, 1.82) is 0 Å². The number of halogens is 4. The summed E-state index contributed by atoms with van der Waals surface area (Å²) in [6, 6.07) is 8.69. The van der Waals surface area contributed by atoms with Crippen LogP contribution in [0.4, 0.5) is 18.9 Å². The molecule has 1 N–H and O–H groups in total. The van der Waals surface area contributed by atoms with Crippen LogP contribution in [-0.2, 0) is 21.0 Å². The van der Waals surface area contributed by atoms with E-state index in [9.17, 15) is 26.4 Å². The lowest BCUT2D eigenvalue weighted by molar-refractivity contribution is -0.137. The molecule has 0 fully saturated rings. The fourth-order valence-electron chi connectivity index (χ4n) is 2.60. The van der Waals surface area contributed by atoms with Crippen LogP contribution in [0.25, 0.3) is 0 Å². The van der Waals surface area contributed by atoms with Gasteiger partial charge in [-0.1, -0.05) is 30.7 Å². The molecule has 1 amide bonds. The van der Waals surface area contributed by atoms with Crippen LogP contribution in [0.1, 0.15) is 18.1 Å². The summed E-state index contributed by atoms with van der Waals surface area (Å²) in [6.07, 6.45) is -4.65. The van der Waals surface area contributed by atoms with Crippen molar-refractivity contribution in [2.24, 2.45) is 0 Å². The Kier molecular flexibility index (Phi) is 6.74. The molecule has 152 valence electrons. The average molecular weight is 435 g/mol. The van der Waals surface area contributed by atoms with E-state index in [1.165, 1.54) is 37.3 Å². The van der Waals surface area contributed by atoms with Gasteiger partial charge in [-0.2, -0.15) is 17.5 Å². The van der Waals surface area contributed by atoms with Gasteiger partial charge in [0.15, 0.2) is 0 Å². The molecular formula is C18H18ClF3N2O3S. The normalized spacial score (nSPS) is 12.2. The Morgan fingerprint density at radius 3 is 2.39 bits per heavy atom. The first-order valence-electron chi connectivity index (χ1n) is 8.19. The summed E-state index contributed by atoms with van der Waals surface area (Å²) in [5.74, 6) is -0.881. The van der Waals surface area contributed by atoms with E-state index in [0.717, 1.165) is 16.4 Å². The van der Waals surface area contributed by atoms with E-state index in [4.69, 9.17) is 11.6 Å². The minimum Gasteiger partial charge on any atom is -0.324 e. The van der Waals surface area contributed by atoms with Gasteiger partial charge in [-0.05, 0) is 42.8 Å². The fraction of sp³-hybridized carbons (Fsp3) is 0.278. The maximum atomic E-state index is 13.0. The first-order valence-corrected chi connectivity index (χ1v) is 10.0. The molecule has 28 heavy (non-hydrogen) atoms. The van der Waals surface area contributed by atoms with Gasteiger partial charge in [0.05, 0.1) is 22.7 Å². The molecule has 0 aliphatic carbocycles. The number of hydrogen-bond donors (Lipinski definition) is 1. The van der Waals surface area contributed by atoms with Crippen molar-refractivity contribution in [1.82, 2.24) is 4.31 Å². The molecular weight excluding hydrogens is 417 g/mol. The first kappa shape index (κ1) is 22.2. The van der Waals surface area contributed by atoms with Crippen molar-refractivity contribution in [3.05, 3.63) is 58.6 Å². The van der Waals surface area contributed by atoms with Gasteiger partial charge in [0, 0.05) is 11.6 Å². The number of aryl methyl sites for hydroxylation is 1. The Hall–Kier alpha value is -2.10. The maximum Gasteiger partial charge on any atom is 0.418 e. The fourth-order valence-corrected chi connectivity index (χ4v) is 4.44. The van der Waals surface area contributed by atoms with Gasteiger partial charge in [0.25, 0.3) is 0 Å². The Morgan fingerprint density at radius 2 is 1.82 bits per heavy atom. The standard InChI is InChI=1S/C18H18ClF3N2O3S/c1-3-24(28(26,27)16-9-8-13(19)10-12(16)2)11-17(25)23-15-7-5-4-6-14(15)18(20,21)22/h4-10H,3,11H2,1-2H3,(H,23,25). The van der Waals surface area contributed by atoms with E-state index in [2.05, 4.69) is 5.32 Å². The van der Waals surface area contributed by atoms with Crippen LogP contribution in [0.5, 0.6) is 0 Å². The number of likely N-dealkylation sites (N-methyl/N-ethyl adjacent to an activating group) is 1. The second kappa shape index (κ2) is 8.50. The number of amides is 1. The highest BCUT2D eigenvalue weighted by Crippen LogP contribution is 2.34. The van der Waals surface area contributed by atoms with Gasteiger partial charge in [-0.15, -0.1) is 0 Å². The third-order valence-electron chi connectivity index (χ3n) is 3.93. The first-order chi connectivity index (χ1) is 13.0. The molecule has 0 saturated carbocycles. The second-order valence-electron chi connectivity index (χ2n) is 5.93. The molecule has 2 aromatic rings. The molecule has 0 unspecified atom stereocenters. The molecule has 2 rings (SSSR count). The van der Waals surface area contributed by atoms with Crippen molar-refractivity contribution in [3.63, 3.8) is 0 Å². The molecule has 0 saturated heterocycles. The summed E-state index contributed by atoms with van der Waals surface area (Å²) >= 11 is 5.84. The van der Waals surface area contributed by atoms with Crippen molar-refractivity contribution < 1.29 is 26.4 Å². The number of carbonyl (C=O) groups is 1. The Labute approximate surface area is 166 Å². The molecule has 0 spiro atoms. The third-order valence-corrected chi connectivity index (χ3v) is 6.25. The van der Waals surface area contributed by atoms with Crippen LogP contribution >= 0.6 is 11.6 Å². The van der Waals surface area contributed by atoms with Crippen LogP contribution in [0.2, 0.25) is 5.02 Å². The molecule has 0 aromatic heterocycles. The number of rotatable bonds is 6. The third kappa shape index (κ3) is 5.03. The monoisotopic (exact) mass is 434 g/mol. The van der Waals surface area contributed by atoms with Gasteiger partial charge < -0.3 is 5.32 Å². The van der Waals surface area contributed by atoms with E-state index in [0.29, 0.717) is 10.6 Å². The van der Waals surface area contributed by atoms with Gasteiger partial charge in [0.2, 0.25) is 15.9 Å². The number of alkyl halides is 3. The maximum absolute atomic E-state index is 13.0. The molecule has 10 heteroatoms. The molecule has 0 heterocycles. The summed E-state index contributed by atoms with van der Waals surface area (Å²) in [5, 5.41) is 2.51. The van der Waals surface area contributed by atoms with E-state index in [1.54, 1.807) is 6.92 Å². The second-order valence-corrected chi connectivity index (χ2v) is 8.28. The summed E-state index contributed by atoms with van der Waals surface area (Å²) in [4.78, 5) is 12.2. The van der Waals surface area contributed by atoms with Crippen LogP contribution in [0.3, 0.4) is 0 Å². The van der Waals surface area contributed by atoms with Crippen molar-refractivity contribution in [3.8, 4) is 0 Å². The number of para-hydroxylation sites is 1. The predicted octanol–water partition coefficient (Wildman–Crippen LogP) is 4.32. The summed E-state index contributed by atoms with van der Waals surface area (Å²) in [5.41, 5.74) is -1.05. The lowest BCUT2D eigenvalue weighted by atomic mass is 10.1. The smallest absolute Gasteiger partial charge is 0.324 e. The molecule has 0 radical (unpaired) electrons. The zero-order valence-electron chi connectivity index (χ0n) is 15.0. The lowest BCUT2D eigenvalue weighted by Gasteiger charge is -2.22. The van der Waals surface area contributed by atoms with Crippen LogP contribution in [0.15, 0.2) is 47.4 Å². The number of anilines is 1. The Morgan fingerprint density at radius 1 is 1.18 bits per heavy atom. The molecule has 0 atom stereocenters. The molecule has 0 bridgehead atoms. The molecule has 2 aromatic carbocycles. The minimum absolute atomic E-state index is 0.0257. The number of nitrogens with zero attached hydrogens (tertiary/aromatic N) is 1. The number of hydrogen-bond acceptors (Lipinski definition) is 3. The SMILES string of the molecule is CCN(CC(=O)Nc1ccccc1C(F)(F)F)S(=O)(=O)c1ccc(Cl)cc1C. The number of sulfonamides is 1. The van der Waals surface area contributed by atoms with Crippen molar-refractivity contribution >= 4 is 33.2 Å². The van der Waals surface area contributed by atoms with Gasteiger partial charge in [-0.25, -0.2) is 8.42 Å². The zero-order valence-corrected chi connectivity index (χ0v) is 16.6. The quantitative estimate of drug-likeness (QED) is 0.736. The van der Waals surface area contributed by atoms with E-state index >= 15 is 0 Å². The Balaban J connectivity index is 2.25. The average Bonchev–Trinajstić information content (AvgIpc) is 2.58. The van der Waals surface area contributed by atoms with E-state index in [1.807, 2.05) is 0 Å². The van der Waals surface area contributed by atoms with Crippen LogP contribution in [0, 0.1) is 6.92 Å². The minimum atomic E-state index is -4.65. The van der Waals surface area contributed by atoms with Gasteiger partial charge in [-0.3, -0.25) is 4.79 Å². The largest absolute Gasteiger partial charge is 0.418 e. The van der Waals surface area contributed by atoms with Gasteiger partial charge >= 0.3 is 6.18 Å². The van der Waals surface area contributed by atoms with E-state index in [-0.39, 0.29) is 11.4 Å². The lowest BCUT2D eigenvalue weighted by Crippen LogP contribution is -2.38. The van der Waals surface area contributed by atoms with Crippen LogP contribution in [-0.4, -0.2) is 31.7 Å². The summed E-state index contributed by atoms with van der Waals surface area (Å²) in [6.45, 7) is 2.41. The predicted molar refractivity (Wildman–Crippen MR) is 101 cm³/mol. The van der Waals surface area contributed by atoms with Crippen molar-refractivity contribution in [2.75, 3.05) is 18.4 Å². The number of carbonyl (C=O) groups excluding carboxylic acids is 1. The molecule has 5 nitrogen and oxygen atoms in total. The van der Waals surface area contributed by atoms with Crippen LogP contribution < -0.4 is 5.32 Å². The zero-order chi connectivity index (χ0) is 21.1. The van der Waals surface area contributed by atoms with E-state index < -0.39 is 39.9 Å².